The van der Waals surface area contributed by atoms with Crippen LogP contribution in [0.25, 0.3) is 0 Å². The second-order valence-corrected chi connectivity index (χ2v) is 5.96. The zero-order chi connectivity index (χ0) is 17.3. The number of carbonyl (C=O) groups is 3. The van der Waals surface area contributed by atoms with E-state index in [1.165, 1.54) is 0 Å². The minimum absolute atomic E-state index is 0.0541. The van der Waals surface area contributed by atoms with Crippen LogP contribution in [0.15, 0.2) is 12.2 Å². The molecule has 126 valence electrons. The van der Waals surface area contributed by atoms with Crippen LogP contribution < -0.4 is 5.32 Å². The van der Waals surface area contributed by atoms with E-state index in [-0.39, 0.29) is 36.5 Å². The van der Waals surface area contributed by atoms with Gasteiger partial charge in [0.2, 0.25) is 5.91 Å². The first-order valence-corrected chi connectivity index (χ1v) is 7.49. The Morgan fingerprint density at radius 3 is 1.95 bits per heavy atom. The molecule has 0 bridgehead atoms. The molecule has 0 radical (unpaired) electrons. The largest absolute Gasteiger partial charge is 0.460 e. The number of esters is 2. The summed E-state index contributed by atoms with van der Waals surface area (Å²) in [5.41, 5.74) is 0. The lowest BCUT2D eigenvalue weighted by Gasteiger charge is -2.22. The molecule has 0 aromatic carbocycles. The summed E-state index contributed by atoms with van der Waals surface area (Å²) in [6.07, 6.45) is 1.80. The Morgan fingerprint density at radius 2 is 1.50 bits per heavy atom. The third-order valence-corrected chi connectivity index (χ3v) is 2.77. The number of ether oxygens (including phenoxy) is 2. The highest BCUT2D eigenvalue weighted by Crippen LogP contribution is 2.05. The van der Waals surface area contributed by atoms with E-state index in [9.17, 15) is 14.4 Å². The summed E-state index contributed by atoms with van der Waals surface area (Å²) >= 11 is 0. The Kier molecular flexibility index (Phi) is 9.13. The average Bonchev–Trinajstić information content (AvgIpc) is 2.39. The minimum atomic E-state index is -0.648. The third-order valence-electron chi connectivity index (χ3n) is 2.77. The molecular formula is C16H27NO5. The van der Waals surface area contributed by atoms with E-state index in [0.29, 0.717) is 0 Å². The molecular weight excluding hydrogens is 286 g/mol. The molecule has 0 aromatic heterocycles. The summed E-state index contributed by atoms with van der Waals surface area (Å²) in [7, 11) is 0. The van der Waals surface area contributed by atoms with Crippen LogP contribution in [0.4, 0.5) is 0 Å². The Labute approximate surface area is 132 Å². The van der Waals surface area contributed by atoms with Gasteiger partial charge in [0.1, 0.15) is 6.61 Å². The average molecular weight is 313 g/mol. The zero-order valence-electron chi connectivity index (χ0n) is 14.2. The summed E-state index contributed by atoms with van der Waals surface area (Å²) < 4.78 is 9.91. The maximum Gasteiger partial charge on any atom is 0.331 e. The molecule has 6 nitrogen and oxygen atoms in total. The van der Waals surface area contributed by atoms with Crippen LogP contribution in [0, 0.1) is 11.8 Å². The lowest BCUT2D eigenvalue weighted by molar-refractivity contribution is -0.143. The number of hydrogen-bond donors (Lipinski definition) is 1. The van der Waals surface area contributed by atoms with Gasteiger partial charge in [0.15, 0.2) is 0 Å². The van der Waals surface area contributed by atoms with Gasteiger partial charge in [-0.1, -0.05) is 27.7 Å². The van der Waals surface area contributed by atoms with Crippen molar-refractivity contribution in [3.8, 4) is 0 Å². The Hall–Kier alpha value is -1.85. The second-order valence-electron chi connectivity index (χ2n) is 5.96. The Morgan fingerprint density at radius 1 is 0.955 bits per heavy atom. The normalized spacial score (nSPS) is 12.8. The predicted molar refractivity (Wildman–Crippen MR) is 82.9 cm³/mol. The third kappa shape index (κ3) is 9.15. The highest BCUT2D eigenvalue weighted by atomic mass is 16.5. The van der Waals surface area contributed by atoms with E-state index in [1.54, 1.807) is 27.7 Å². The van der Waals surface area contributed by atoms with Gasteiger partial charge in [-0.15, -0.1) is 0 Å². The summed E-state index contributed by atoms with van der Waals surface area (Å²) in [6.45, 7) is 10.9. The molecule has 6 heteroatoms. The summed E-state index contributed by atoms with van der Waals surface area (Å²) in [6, 6.07) is -0.269. The van der Waals surface area contributed by atoms with E-state index in [4.69, 9.17) is 9.47 Å². The molecule has 0 fully saturated rings. The van der Waals surface area contributed by atoms with Crippen molar-refractivity contribution in [3.63, 3.8) is 0 Å². The fourth-order valence-electron chi connectivity index (χ4n) is 1.38. The van der Waals surface area contributed by atoms with Crippen molar-refractivity contribution in [2.75, 3.05) is 6.61 Å². The first-order chi connectivity index (χ1) is 10.1. The molecule has 0 aliphatic carbocycles. The van der Waals surface area contributed by atoms with Crippen LogP contribution in [0.1, 0.15) is 41.5 Å². The van der Waals surface area contributed by atoms with Gasteiger partial charge in [-0.25, -0.2) is 9.59 Å². The van der Waals surface area contributed by atoms with Gasteiger partial charge >= 0.3 is 11.9 Å². The van der Waals surface area contributed by atoms with Crippen molar-refractivity contribution in [1.82, 2.24) is 5.32 Å². The number of nitrogens with one attached hydrogen (secondary N) is 1. The van der Waals surface area contributed by atoms with Crippen molar-refractivity contribution < 1.29 is 23.9 Å². The van der Waals surface area contributed by atoms with E-state index in [0.717, 1.165) is 12.2 Å². The smallest absolute Gasteiger partial charge is 0.331 e. The first-order valence-electron chi connectivity index (χ1n) is 7.49. The molecule has 0 aromatic rings. The van der Waals surface area contributed by atoms with Crippen molar-refractivity contribution in [2.24, 2.45) is 11.8 Å². The predicted octanol–water partition coefficient (Wildman–Crippen LogP) is 1.83. The topological polar surface area (TPSA) is 81.7 Å². The summed E-state index contributed by atoms with van der Waals surface area (Å²) in [4.78, 5) is 34.5. The monoisotopic (exact) mass is 313 g/mol. The lowest BCUT2D eigenvalue weighted by Crippen LogP contribution is -2.44. The van der Waals surface area contributed by atoms with Gasteiger partial charge in [0, 0.05) is 18.1 Å². The Balaban J connectivity index is 4.36. The van der Waals surface area contributed by atoms with Gasteiger partial charge in [0.05, 0.1) is 12.1 Å². The molecule has 0 spiro atoms. The van der Waals surface area contributed by atoms with Gasteiger partial charge < -0.3 is 14.8 Å². The molecule has 0 saturated heterocycles. The number of rotatable bonds is 8. The van der Waals surface area contributed by atoms with Crippen molar-refractivity contribution in [1.29, 1.82) is 0 Å². The minimum Gasteiger partial charge on any atom is -0.460 e. The number of carbonyl (C=O) groups excluding carboxylic acids is 3. The molecule has 0 saturated carbocycles. The summed E-state index contributed by atoms with van der Waals surface area (Å²) in [5.74, 6) is -1.36. The highest BCUT2D eigenvalue weighted by Gasteiger charge is 2.19. The van der Waals surface area contributed by atoms with Crippen LogP contribution in [0.3, 0.4) is 0 Å². The van der Waals surface area contributed by atoms with Crippen LogP contribution in [0.5, 0.6) is 0 Å². The number of amides is 1. The van der Waals surface area contributed by atoms with Gasteiger partial charge in [-0.2, -0.15) is 0 Å². The highest BCUT2D eigenvalue weighted by molar-refractivity contribution is 5.91. The van der Waals surface area contributed by atoms with E-state index in [2.05, 4.69) is 5.32 Å². The lowest BCUT2D eigenvalue weighted by atomic mass is 10.0. The van der Waals surface area contributed by atoms with E-state index >= 15 is 0 Å². The van der Waals surface area contributed by atoms with Gasteiger partial charge in [0.25, 0.3) is 0 Å². The van der Waals surface area contributed by atoms with Crippen molar-refractivity contribution in [3.05, 3.63) is 12.2 Å². The van der Waals surface area contributed by atoms with Crippen LogP contribution in [-0.4, -0.2) is 36.6 Å². The molecule has 0 heterocycles. The fraction of sp³-hybridized carbons (Fsp3) is 0.688. The molecule has 22 heavy (non-hydrogen) atoms. The molecule has 1 atom stereocenters. The van der Waals surface area contributed by atoms with Crippen LogP contribution in [-0.2, 0) is 23.9 Å². The van der Waals surface area contributed by atoms with E-state index < -0.39 is 11.9 Å². The SMILES string of the molecule is CC(C)OC(=O)/C=C/C(=O)OC[C@@H](NC(=O)C(C)C)C(C)C. The molecule has 1 N–H and O–H groups in total. The van der Waals surface area contributed by atoms with Gasteiger partial charge in [-0.3, -0.25) is 4.79 Å². The molecule has 0 rings (SSSR count). The first kappa shape index (κ1) is 20.1. The summed E-state index contributed by atoms with van der Waals surface area (Å²) in [5, 5.41) is 2.83. The molecule has 1 amide bonds. The van der Waals surface area contributed by atoms with E-state index in [1.807, 2.05) is 13.8 Å². The van der Waals surface area contributed by atoms with Crippen LogP contribution >= 0.6 is 0 Å². The quantitative estimate of drug-likeness (QED) is 0.546. The fourth-order valence-corrected chi connectivity index (χ4v) is 1.38. The second kappa shape index (κ2) is 9.97. The van der Waals surface area contributed by atoms with Gasteiger partial charge in [-0.05, 0) is 19.8 Å². The molecule has 0 unspecified atom stereocenters. The number of hydrogen-bond acceptors (Lipinski definition) is 5. The standard InChI is InChI=1S/C16H27NO5/c1-10(2)13(17-16(20)11(3)4)9-21-14(18)7-8-15(19)22-12(5)6/h7-8,10-13H,9H2,1-6H3,(H,17,20)/b8-7+/t13-/m1/s1. The van der Waals surface area contributed by atoms with Crippen molar-refractivity contribution >= 4 is 17.8 Å². The maximum absolute atomic E-state index is 11.7. The maximum atomic E-state index is 11.7. The Bertz CT molecular complexity index is 413. The van der Waals surface area contributed by atoms with Crippen molar-refractivity contribution in [2.45, 2.75) is 53.7 Å². The molecule has 0 aliphatic heterocycles. The molecule has 0 aliphatic rings. The van der Waals surface area contributed by atoms with Crippen LogP contribution in [0.2, 0.25) is 0 Å². The zero-order valence-corrected chi connectivity index (χ0v) is 14.2.